The largest absolute Gasteiger partial charge is 0.369 e. The Morgan fingerprint density at radius 2 is 1.88 bits per heavy atom. The highest BCUT2D eigenvalue weighted by atomic mass is 16.5. The molecular weight excluding hydrogens is 324 g/mol. The third kappa shape index (κ3) is 2.73. The average Bonchev–Trinajstić information content (AvgIpc) is 3.02. The van der Waals surface area contributed by atoms with Crippen LogP contribution in [0, 0.1) is 0 Å². The first-order valence-corrected chi connectivity index (χ1v) is 10.5. The lowest BCUT2D eigenvalue weighted by Crippen LogP contribution is -2.67. The van der Waals surface area contributed by atoms with Crippen LogP contribution in [-0.2, 0) is 9.47 Å². The van der Waals surface area contributed by atoms with Crippen LogP contribution in [0.5, 0.6) is 0 Å². The van der Waals surface area contributed by atoms with Gasteiger partial charge in [0.15, 0.2) is 0 Å². The second kappa shape index (κ2) is 6.30. The van der Waals surface area contributed by atoms with Gasteiger partial charge in [-0.1, -0.05) is 30.3 Å². The van der Waals surface area contributed by atoms with E-state index < -0.39 is 0 Å². The number of hydrogen-bond donors (Lipinski definition) is 2. The summed E-state index contributed by atoms with van der Waals surface area (Å²) in [7, 11) is 0. The first-order valence-electron chi connectivity index (χ1n) is 10.5. The minimum absolute atomic E-state index is 0.0422. The van der Waals surface area contributed by atoms with E-state index >= 15 is 0 Å². The molecule has 1 aromatic rings. The van der Waals surface area contributed by atoms with Crippen molar-refractivity contribution in [1.29, 1.82) is 0 Å². The van der Waals surface area contributed by atoms with Gasteiger partial charge in [-0.2, -0.15) is 0 Å². The Hall–Kier alpha value is -0.940. The fourth-order valence-electron chi connectivity index (χ4n) is 6.16. The second-order valence-corrected chi connectivity index (χ2v) is 9.20. The maximum absolute atomic E-state index is 6.64. The molecule has 142 valence electrons. The van der Waals surface area contributed by atoms with E-state index in [2.05, 4.69) is 47.9 Å². The van der Waals surface area contributed by atoms with E-state index in [0.29, 0.717) is 6.10 Å². The van der Waals surface area contributed by atoms with Crippen LogP contribution < -0.4 is 10.6 Å². The molecule has 4 heteroatoms. The summed E-state index contributed by atoms with van der Waals surface area (Å²) in [6, 6.07) is 10.7. The van der Waals surface area contributed by atoms with Crippen LogP contribution in [-0.4, -0.2) is 42.5 Å². The molecule has 1 saturated carbocycles. The van der Waals surface area contributed by atoms with Gasteiger partial charge in [0.2, 0.25) is 0 Å². The third-order valence-corrected chi connectivity index (χ3v) is 7.27. The Balaban J connectivity index is 1.24. The highest BCUT2D eigenvalue weighted by Crippen LogP contribution is 2.63. The summed E-state index contributed by atoms with van der Waals surface area (Å²) in [6.45, 7) is 5.41. The zero-order valence-electron chi connectivity index (χ0n) is 15.9. The number of ether oxygens (including phenoxy) is 2. The van der Waals surface area contributed by atoms with Crippen molar-refractivity contribution in [1.82, 2.24) is 10.6 Å². The van der Waals surface area contributed by atoms with Gasteiger partial charge in [0.05, 0.1) is 28.9 Å². The molecule has 5 fully saturated rings. The van der Waals surface area contributed by atoms with Gasteiger partial charge in [0.1, 0.15) is 0 Å². The van der Waals surface area contributed by atoms with Crippen molar-refractivity contribution in [2.75, 3.05) is 19.6 Å². The molecule has 5 aliphatic rings. The molecule has 4 aliphatic heterocycles. The normalized spacial score (nSPS) is 41.1. The summed E-state index contributed by atoms with van der Waals surface area (Å²) < 4.78 is 13.1. The van der Waals surface area contributed by atoms with E-state index in [1.165, 1.54) is 18.4 Å². The molecule has 0 radical (unpaired) electrons. The van der Waals surface area contributed by atoms with Gasteiger partial charge in [-0.15, -0.1) is 0 Å². The van der Waals surface area contributed by atoms with Gasteiger partial charge < -0.3 is 20.1 Å². The van der Waals surface area contributed by atoms with Crippen molar-refractivity contribution < 1.29 is 9.47 Å². The van der Waals surface area contributed by atoms with Crippen LogP contribution in [0.4, 0.5) is 0 Å². The van der Waals surface area contributed by atoms with Crippen molar-refractivity contribution in [3.05, 3.63) is 35.9 Å². The number of hydrogen-bond acceptors (Lipinski definition) is 4. The number of piperidine rings is 1. The maximum atomic E-state index is 6.64. The summed E-state index contributed by atoms with van der Waals surface area (Å²) in [5.74, 6) is 0. The molecular formula is C22H32N2O2. The van der Waals surface area contributed by atoms with Crippen LogP contribution in [0.3, 0.4) is 0 Å². The zero-order chi connectivity index (χ0) is 17.7. The molecule has 2 unspecified atom stereocenters. The lowest BCUT2D eigenvalue weighted by atomic mass is 9.60. The molecule has 2 N–H and O–H groups in total. The molecule has 4 nitrogen and oxygen atoms in total. The standard InChI is InChI=1S/C22H32N2O2/c1-20-15-21(16-20,22(26-20)10-12-23-13-11-22)24-14-18-8-5-9-19(25-18)17-6-3-2-4-7-17/h2-4,6-7,18-19,23-24H,5,8-16H2,1H3. The molecule has 4 heterocycles. The Kier molecular flexibility index (Phi) is 4.16. The van der Waals surface area contributed by atoms with Gasteiger partial charge >= 0.3 is 0 Å². The quantitative estimate of drug-likeness (QED) is 0.868. The van der Waals surface area contributed by atoms with Gasteiger partial charge in [0.25, 0.3) is 0 Å². The van der Waals surface area contributed by atoms with E-state index in [0.717, 1.165) is 51.7 Å². The lowest BCUT2D eigenvalue weighted by Gasteiger charge is -2.50. The zero-order valence-corrected chi connectivity index (χ0v) is 15.9. The first kappa shape index (κ1) is 17.2. The van der Waals surface area contributed by atoms with Gasteiger partial charge in [-0.05, 0) is 70.5 Å². The first-order chi connectivity index (χ1) is 12.6. The van der Waals surface area contributed by atoms with E-state index in [9.17, 15) is 0 Å². The summed E-state index contributed by atoms with van der Waals surface area (Å²) >= 11 is 0. The fourth-order valence-corrected chi connectivity index (χ4v) is 6.16. The molecule has 1 aliphatic carbocycles. The summed E-state index contributed by atoms with van der Waals surface area (Å²) in [6.07, 6.45) is 8.72. The Morgan fingerprint density at radius 3 is 2.65 bits per heavy atom. The predicted octanol–water partition coefficient (Wildman–Crippen LogP) is 3.33. The summed E-state index contributed by atoms with van der Waals surface area (Å²) in [5, 5.41) is 7.48. The van der Waals surface area contributed by atoms with E-state index in [1.54, 1.807) is 0 Å². The fraction of sp³-hybridized carbons (Fsp3) is 0.727. The van der Waals surface area contributed by atoms with Crippen molar-refractivity contribution in [3.8, 4) is 0 Å². The van der Waals surface area contributed by atoms with Crippen LogP contribution in [0.15, 0.2) is 30.3 Å². The number of rotatable bonds is 4. The predicted molar refractivity (Wildman–Crippen MR) is 102 cm³/mol. The van der Waals surface area contributed by atoms with Gasteiger partial charge in [-0.3, -0.25) is 0 Å². The molecule has 0 amide bonds. The molecule has 1 aromatic carbocycles. The minimum atomic E-state index is 0.0422. The van der Waals surface area contributed by atoms with Crippen molar-refractivity contribution in [3.63, 3.8) is 0 Å². The topological polar surface area (TPSA) is 42.5 Å². The third-order valence-electron chi connectivity index (χ3n) is 7.27. The number of benzene rings is 1. The molecule has 2 bridgehead atoms. The highest BCUT2D eigenvalue weighted by Gasteiger charge is 2.72. The Morgan fingerprint density at radius 1 is 1.12 bits per heavy atom. The van der Waals surface area contributed by atoms with E-state index in [1.807, 2.05) is 0 Å². The average molecular weight is 357 g/mol. The van der Waals surface area contributed by atoms with Crippen LogP contribution in [0.2, 0.25) is 0 Å². The SMILES string of the molecule is CC12CC(NCC3CCCC(c4ccccc4)O3)(C1)C1(CCNCC1)O2. The van der Waals surface area contributed by atoms with Crippen molar-refractivity contribution >= 4 is 0 Å². The molecule has 1 spiro atoms. The second-order valence-electron chi connectivity index (χ2n) is 9.20. The summed E-state index contributed by atoms with van der Waals surface area (Å²) in [5.41, 5.74) is 1.64. The van der Waals surface area contributed by atoms with E-state index in [4.69, 9.17) is 9.47 Å². The maximum Gasteiger partial charge on any atom is 0.0896 e. The highest BCUT2D eigenvalue weighted by molar-refractivity contribution is 5.27. The van der Waals surface area contributed by atoms with Crippen LogP contribution in [0.25, 0.3) is 0 Å². The van der Waals surface area contributed by atoms with Gasteiger partial charge in [0, 0.05) is 6.54 Å². The molecule has 4 saturated heterocycles. The smallest absolute Gasteiger partial charge is 0.0896 e. The monoisotopic (exact) mass is 356 g/mol. The Bertz CT molecular complexity index is 635. The molecule has 2 atom stereocenters. The van der Waals surface area contributed by atoms with Crippen LogP contribution >= 0.6 is 0 Å². The van der Waals surface area contributed by atoms with Crippen molar-refractivity contribution in [2.24, 2.45) is 0 Å². The van der Waals surface area contributed by atoms with Gasteiger partial charge in [-0.25, -0.2) is 0 Å². The minimum Gasteiger partial charge on any atom is -0.369 e. The lowest BCUT2D eigenvalue weighted by molar-refractivity contribution is -0.0767. The molecule has 26 heavy (non-hydrogen) atoms. The summed E-state index contributed by atoms with van der Waals surface area (Å²) in [4.78, 5) is 0. The molecule has 0 aromatic heterocycles. The van der Waals surface area contributed by atoms with Crippen molar-refractivity contribution in [2.45, 2.75) is 80.8 Å². The molecule has 6 rings (SSSR count). The Labute approximate surface area is 157 Å². The van der Waals surface area contributed by atoms with Crippen LogP contribution in [0.1, 0.15) is 63.5 Å². The number of nitrogens with one attached hydrogen (secondary N) is 2. The van der Waals surface area contributed by atoms with E-state index in [-0.39, 0.29) is 22.8 Å².